The van der Waals surface area contributed by atoms with Crippen LogP contribution >= 0.6 is 0 Å². The molecule has 0 spiro atoms. The van der Waals surface area contributed by atoms with Gasteiger partial charge in [-0.15, -0.1) is 0 Å². The summed E-state index contributed by atoms with van der Waals surface area (Å²) in [6.07, 6.45) is -0.201. The Labute approximate surface area is 111 Å². The summed E-state index contributed by atoms with van der Waals surface area (Å²) in [5, 5.41) is 21.6. The van der Waals surface area contributed by atoms with Crippen molar-refractivity contribution in [3.63, 3.8) is 0 Å². The van der Waals surface area contributed by atoms with Crippen molar-refractivity contribution in [2.24, 2.45) is 7.05 Å². The van der Waals surface area contributed by atoms with Crippen LogP contribution in [0, 0.1) is 13.8 Å². The average molecular weight is 291 g/mol. The Bertz CT molecular complexity index is 578. The summed E-state index contributed by atoms with van der Waals surface area (Å²) in [6.45, 7) is 2.68. The van der Waals surface area contributed by atoms with Crippen molar-refractivity contribution >= 4 is 16.0 Å². The molecule has 9 heteroatoms. The first-order chi connectivity index (χ1) is 8.70. The van der Waals surface area contributed by atoms with Gasteiger partial charge in [-0.2, -0.15) is 9.82 Å². The smallest absolute Gasteiger partial charge is 0.321 e. The van der Waals surface area contributed by atoms with Crippen molar-refractivity contribution in [1.29, 1.82) is 0 Å². The predicted octanol–water partition coefficient (Wildman–Crippen LogP) is -0.849. The molecule has 0 saturated heterocycles. The lowest BCUT2D eigenvalue weighted by Gasteiger charge is -2.13. The van der Waals surface area contributed by atoms with E-state index in [1.54, 1.807) is 14.0 Å². The van der Waals surface area contributed by atoms with Gasteiger partial charge in [0.1, 0.15) is 10.9 Å². The minimum Gasteiger partial charge on any atom is -0.480 e. The molecule has 1 atom stereocenters. The highest BCUT2D eigenvalue weighted by Gasteiger charge is 2.29. The van der Waals surface area contributed by atoms with Crippen LogP contribution in [-0.2, 0) is 21.9 Å². The van der Waals surface area contributed by atoms with E-state index >= 15 is 0 Å². The lowest BCUT2D eigenvalue weighted by atomic mass is 10.2. The fourth-order valence-corrected chi connectivity index (χ4v) is 3.41. The van der Waals surface area contributed by atoms with Crippen molar-refractivity contribution in [3.8, 4) is 0 Å². The van der Waals surface area contributed by atoms with Gasteiger partial charge in [0.05, 0.1) is 11.4 Å². The maximum Gasteiger partial charge on any atom is 0.321 e. The number of carboxylic acid groups (broad SMARTS) is 1. The zero-order valence-electron chi connectivity index (χ0n) is 10.9. The van der Waals surface area contributed by atoms with Gasteiger partial charge in [0.15, 0.2) is 0 Å². The number of hydrogen-bond donors (Lipinski definition) is 3. The monoisotopic (exact) mass is 291 g/mol. The Balaban J connectivity index is 3.14. The molecule has 108 valence electrons. The molecule has 8 nitrogen and oxygen atoms in total. The highest BCUT2D eigenvalue weighted by Crippen LogP contribution is 2.18. The Hall–Kier alpha value is -1.45. The van der Waals surface area contributed by atoms with Crippen LogP contribution in [0.1, 0.15) is 17.8 Å². The Morgan fingerprint density at radius 2 is 2.05 bits per heavy atom. The zero-order valence-corrected chi connectivity index (χ0v) is 11.7. The van der Waals surface area contributed by atoms with Crippen molar-refractivity contribution in [3.05, 3.63) is 11.4 Å². The van der Waals surface area contributed by atoms with Crippen LogP contribution in [0.4, 0.5) is 0 Å². The lowest BCUT2D eigenvalue weighted by Crippen LogP contribution is -2.41. The van der Waals surface area contributed by atoms with E-state index in [0.29, 0.717) is 11.4 Å². The maximum absolute atomic E-state index is 12.2. The molecule has 0 saturated carbocycles. The van der Waals surface area contributed by atoms with Gasteiger partial charge >= 0.3 is 5.97 Å². The molecule has 0 fully saturated rings. The number of sulfonamides is 1. The van der Waals surface area contributed by atoms with Crippen LogP contribution in [-0.4, -0.2) is 47.0 Å². The zero-order chi connectivity index (χ0) is 14.8. The molecule has 0 amide bonds. The Morgan fingerprint density at radius 1 is 1.47 bits per heavy atom. The summed E-state index contributed by atoms with van der Waals surface area (Å²) in [7, 11) is -2.39. The van der Waals surface area contributed by atoms with Crippen LogP contribution in [0.2, 0.25) is 0 Å². The number of aliphatic hydroxyl groups excluding tert-OH is 1. The standard InChI is InChI=1S/C10H17N3O5S/c1-6-9(7(2)13(3)11-6)19(17,18)12-8(4-5-14)10(15)16/h8,12,14H,4-5H2,1-3H3,(H,15,16)/t8-/m1/s1. The average Bonchev–Trinajstić information content (AvgIpc) is 2.52. The van der Waals surface area contributed by atoms with Crippen molar-refractivity contribution < 1.29 is 23.4 Å². The Morgan fingerprint density at radius 3 is 2.42 bits per heavy atom. The number of hydrogen-bond acceptors (Lipinski definition) is 5. The quantitative estimate of drug-likeness (QED) is 0.627. The summed E-state index contributed by atoms with van der Waals surface area (Å²) < 4.78 is 27.8. The maximum atomic E-state index is 12.2. The number of aryl methyl sites for hydroxylation is 2. The van der Waals surface area contributed by atoms with Crippen LogP contribution in [0.3, 0.4) is 0 Å². The third-order valence-electron chi connectivity index (χ3n) is 2.72. The second-order valence-corrected chi connectivity index (χ2v) is 5.80. The van der Waals surface area contributed by atoms with Gasteiger partial charge in [-0.25, -0.2) is 8.42 Å². The molecule has 3 N–H and O–H groups in total. The second kappa shape index (κ2) is 5.68. The van der Waals surface area contributed by atoms with Gasteiger partial charge in [-0.1, -0.05) is 0 Å². The SMILES string of the molecule is Cc1nn(C)c(C)c1S(=O)(=O)N[C@H](CCO)C(=O)O. The highest BCUT2D eigenvalue weighted by molar-refractivity contribution is 7.89. The molecule has 1 aromatic rings. The summed E-state index contributed by atoms with van der Waals surface area (Å²) >= 11 is 0. The van der Waals surface area contributed by atoms with Crippen LogP contribution < -0.4 is 4.72 Å². The van der Waals surface area contributed by atoms with Gasteiger partial charge in [0.2, 0.25) is 10.0 Å². The molecule has 0 unspecified atom stereocenters. The first kappa shape index (κ1) is 15.6. The topological polar surface area (TPSA) is 122 Å². The van der Waals surface area contributed by atoms with Crippen LogP contribution in [0.25, 0.3) is 0 Å². The number of aliphatic hydroxyl groups is 1. The van der Waals surface area contributed by atoms with E-state index in [1.807, 2.05) is 0 Å². The lowest BCUT2D eigenvalue weighted by molar-refractivity contribution is -0.139. The van der Waals surface area contributed by atoms with Crippen molar-refractivity contribution in [2.45, 2.75) is 31.2 Å². The van der Waals surface area contributed by atoms with Gasteiger partial charge in [0.25, 0.3) is 0 Å². The summed E-state index contributed by atoms with van der Waals surface area (Å²) in [6, 6.07) is -1.37. The number of carbonyl (C=O) groups is 1. The first-order valence-corrected chi connectivity index (χ1v) is 7.05. The van der Waals surface area contributed by atoms with Crippen molar-refractivity contribution in [2.75, 3.05) is 6.61 Å². The molecule has 0 aliphatic heterocycles. The number of carboxylic acids is 1. The van der Waals surface area contributed by atoms with Gasteiger partial charge in [-0.05, 0) is 20.3 Å². The van der Waals surface area contributed by atoms with Gasteiger partial charge in [0, 0.05) is 13.7 Å². The number of aromatic nitrogens is 2. The molecule has 0 radical (unpaired) electrons. The summed E-state index contributed by atoms with van der Waals surface area (Å²) in [5.41, 5.74) is 0.707. The molecule has 19 heavy (non-hydrogen) atoms. The minimum absolute atomic E-state index is 0.0285. The van der Waals surface area contributed by atoms with Crippen LogP contribution in [0.15, 0.2) is 4.90 Å². The first-order valence-electron chi connectivity index (χ1n) is 5.57. The summed E-state index contributed by atoms with van der Waals surface area (Å²) in [5.74, 6) is -1.34. The molecule has 0 aliphatic carbocycles. The molecule has 1 heterocycles. The summed E-state index contributed by atoms with van der Waals surface area (Å²) in [4.78, 5) is 10.9. The molecular weight excluding hydrogens is 274 g/mol. The number of nitrogens with zero attached hydrogens (tertiary/aromatic N) is 2. The fraction of sp³-hybridized carbons (Fsp3) is 0.600. The van der Waals surface area contributed by atoms with E-state index < -0.39 is 28.6 Å². The van der Waals surface area contributed by atoms with E-state index in [2.05, 4.69) is 9.82 Å². The molecule has 1 aromatic heterocycles. The molecule has 0 aromatic carbocycles. The molecule has 0 bridgehead atoms. The number of nitrogens with one attached hydrogen (secondary N) is 1. The van der Waals surface area contributed by atoms with E-state index in [9.17, 15) is 13.2 Å². The van der Waals surface area contributed by atoms with E-state index in [0.717, 1.165) is 0 Å². The van der Waals surface area contributed by atoms with E-state index in [1.165, 1.54) is 11.6 Å². The largest absolute Gasteiger partial charge is 0.480 e. The van der Waals surface area contributed by atoms with E-state index in [-0.39, 0.29) is 11.3 Å². The molecule has 1 rings (SSSR count). The number of rotatable bonds is 6. The van der Waals surface area contributed by atoms with Crippen LogP contribution in [0.5, 0.6) is 0 Å². The second-order valence-electron chi connectivity index (χ2n) is 4.15. The third-order valence-corrected chi connectivity index (χ3v) is 4.45. The van der Waals surface area contributed by atoms with Gasteiger partial charge in [-0.3, -0.25) is 9.48 Å². The predicted molar refractivity (Wildman–Crippen MR) is 66.1 cm³/mol. The molecule has 0 aliphatic rings. The van der Waals surface area contributed by atoms with Crippen molar-refractivity contribution in [1.82, 2.24) is 14.5 Å². The number of aliphatic carboxylic acids is 1. The highest BCUT2D eigenvalue weighted by atomic mass is 32.2. The van der Waals surface area contributed by atoms with Gasteiger partial charge < -0.3 is 10.2 Å². The Kier molecular flexibility index (Phi) is 4.66. The molecular formula is C10H17N3O5S. The van der Waals surface area contributed by atoms with E-state index in [4.69, 9.17) is 10.2 Å². The minimum atomic E-state index is -3.99. The fourth-order valence-electron chi connectivity index (χ4n) is 1.75. The normalized spacial score (nSPS) is 13.5. The third kappa shape index (κ3) is 3.31.